The van der Waals surface area contributed by atoms with E-state index in [0.717, 1.165) is 0 Å². The maximum Gasteiger partial charge on any atom is 0.300 e. The van der Waals surface area contributed by atoms with E-state index >= 15 is 0 Å². The van der Waals surface area contributed by atoms with Crippen molar-refractivity contribution in [1.82, 2.24) is 4.98 Å². The Hall–Kier alpha value is -3.35. The molecular formula is C23H16Cl2N2O4. The highest BCUT2D eigenvalue weighted by atomic mass is 35.5. The Labute approximate surface area is 188 Å². The number of ketones is 1. The number of carbonyl (C=O) groups excluding carboxylic acids is 2. The SMILES string of the molecule is COc1cc(/C(O)=C2\C(=O)C(=O)N(c3cccc(Cl)c3)C2c2ccncc2)ccc1Cl. The zero-order chi connectivity index (χ0) is 22.1. The van der Waals surface area contributed by atoms with Crippen LogP contribution in [0, 0.1) is 0 Å². The van der Waals surface area contributed by atoms with E-state index in [1.807, 2.05) is 0 Å². The molecule has 2 aromatic carbocycles. The summed E-state index contributed by atoms with van der Waals surface area (Å²) < 4.78 is 5.21. The van der Waals surface area contributed by atoms with E-state index in [9.17, 15) is 14.7 Å². The van der Waals surface area contributed by atoms with Gasteiger partial charge in [-0.1, -0.05) is 29.3 Å². The van der Waals surface area contributed by atoms with Crippen molar-refractivity contribution in [1.29, 1.82) is 0 Å². The lowest BCUT2D eigenvalue weighted by Crippen LogP contribution is -2.29. The molecule has 1 saturated heterocycles. The summed E-state index contributed by atoms with van der Waals surface area (Å²) in [5, 5.41) is 11.9. The molecule has 31 heavy (non-hydrogen) atoms. The fourth-order valence-electron chi connectivity index (χ4n) is 3.55. The molecule has 1 unspecified atom stereocenters. The Morgan fingerprint density at radius 3 is 2.48 bits per heavy atom. The number of ether oxygens (including phenoxy) is 1. The number of carbonyl (C=O) groups is 2. The summed E-state index contributed by atoms with van der Waals surface area (Å²) in [6.45, 7) is 0. The number of methoxy groups -OCH3 is 1. The summed E-state index contributed by atoms with van der Waals surface area (Å²) in [5.41, 5.74) is 1.28. The number of amides is 1. The number of aliphatic hydroxyl groups is 1. The van der Waals surface area contributed by atoms with Gasteiger partial charge in [-0.15, -0.1) is 0 Å². The molecule has 8 heteroatoms. The third-order valence-electron chi connectivity index (χ3n) is 4.98. The second kappa shape index (κ2) is 8.41. The number of rotatable bonds is 4. The second-order valence-corrected chi connectivity index (χ2v) is 7.62. The van der Waals surface area contributed by atoms with E-state index < -0.39 is 17.7 Å². The van der Waals surface area contributed by atoms with Crippen molar-refractivity contribution < 1.29 is 19.4 Å². The lowest BCUT2D eigenvalue weighted by Gasteiger charge is -2.25. The molecule has 4 rings (SSSR count). The Morgan fingerprint density at radius 2 is 1.81 bits per heavy atom. The van der Waals surface area contributed by atoms with Gasteiger partial charge in [-0.25, -0.2) is 0 Å². The van der Waals surface area contributed by atoms with Crippen LogP contribution in [0.1, 0.15) is 17.2 Å². The van der Waals surface area contributed by atoms with Crippen molar-refractivity contribution in [2.75, 3.05) is 12.0 Å². The monoisotopic (exact) mass is 454 g/mol. The Bertz CT molecular complexity index is 1210. The Kier molecular flexibility index (Phi) is 5.67. The smallest absolute Gasteiger partial charge is 0.300 e. The van der Waals surface area contributed by atoms with Gasteiger partial charge in [0.1, 0.15) is 11.5 Å². The third kappa shape index (κ3) is 3.76. The van der Waals surface area contributed by atoms with Crippen molar-refractivity contribution >= 4 is 46.3 Å². The quantitative estimate of drug-likeness (QED) is 0.340. The highest BCUT2D eigenvalue weighted by Gasteiger charge is 2.47. The zero-order valence-electron chi connectivity index (χ0n) is 16.3. The van der Waals surface area contributed by atoms with Crippen LogP contribution in [-0.2, 0) is 9.59 Å². The van der Waals surface area contributed by atoms with Gasteiger partial charge >= 0.3 is 0 Å². The molecule has 0 bridgehead atoms. The van der Waals surface area contributed by atoms with E-state index in [-0.39, 0.29) is 11.3 Å². The predicted molar refractivity (Wildman–Crippen MR) is 118 cm³/mol. The minimum Gasteiger partial charge on any atom is -0.507 e. The fraction of sp³-hybridized carbons (Fsp3) is 0.0870. The van der Waals surface area contributed by atoms with Crippen LogP contribution in [0.25, 0.3) is 5.76 Å². The minimum atomic E-state index is -0.872. The Balaban J connectivity index is 1.95. The fourth-order valence-corrected chi connectivity index (χ4v) is 3.93. The largest absolute Gasteiger partial charge is 0.507 e. The van der Waals surface area contributed by atoms with Gasteiger partial charge in [0.05, 0.1) is 23.7 Å². The number of hydrogen-bond donors (Lipinski definition) is 1. The van der Waals surface area contributed by atoms with Crippen LogP contribution >= 0.6 is 23.2 Å². The zero-order valence-corrected chi connectivity index (χ0v) is 17.8. The molecule has 1 fully saturated rings. The van der Waals surface area contributed by atoms with Gasteiger partial charge in [0.15, 0.2) is 0 Å². The molecule has 1 aliphatic heterocycles. The molecule has 1 atom stereocenters. The lowest BCUT2D eigenvalue weighted by atomic mass is 9.95. The summed E-state index contributed by atoms with van der Waals surface area (Å²) in [6.07, 6.45) is 3.11. The molecule has 2 heterocycles. The number of aromatic nitrogens is 1. The average molecular weight is 455 g/mol. The standard InChI is InChI=1S/C23H16Cl2N2O4/c1-31-18-11-14(5-6-17(18)25)21(28)19-20(13-7-9-26-10-8-13)27(23(30)22(19)29)16-4-2-3-15(24)12-16/h2-12,20,28H,1H3/b21-19+. The molecule has 0 radical (unpaired) electrons. The van der Waals surface area contributed by atoms with E-state index in [4.69, 9.17) is 27.9 Å². The van der Waals surface area contributed by atoms with Crippen LogP contribution in [0.3, 0.4) is 0 Å². The Morgan fingerprint density at radius 1 is 1.06 bits per heavy atom. The van der Waals surface area contributed by atoms with Crippen LogP contribution in [0.2, 0.25) is 10.0 Å². The van der Waals surface area contributed by atoms with Gasteiger partial charge in [-0.05, 0) is 54.1 Å². The number of aliphatic hydroxyl groups excluding tert-OH is 1. The van der Waals surface area contributed by atoms with Gasteiger partial charge in [0, 0.05) is 28.7 Å². The summed E-state index contributed by atoms with van der Waals surface area (Å²) in [4.78, 5) is 31.5. The van der Waals surface area contributed by atoms with E-state index in [2.05, 4.69) is 4.98 Å². The molecular weight excluding hydrogens is 439 g/mol. The number of benzene rings is 2. The first kappa shape index (κ1) is 20.9. The topological polar surface area (TPSA) is 79.7 Å². The normalized spacial score (nSPS) is 17.8. The van der Waals surface area contributed by atoms with Crippen LogP contribution in [0.4, 0.5) is 5.69 Å². The number of nitrogens with zero attached hydrogens (tertiary/aromatic N) is 2. The first-order valence-corrected chi connectivity index (χ1v) is 9.98. The van der Waals surface area contributed by atoms with Gasteiger partial charge < -0.3 is 9.84 Å². The molecule has 6 nitrogen and oxygen atoms in total. The van der Waals surface area contributed by atoms with Crippen LogP contribution < -0.4 is 9.64 Å². The van der Waals surface area contributed by atoms with Gasteiger partial charge in [-0.3, -0.25) is 19.5 Å². The average Bonchev–Trinajstić information content (AvgIpc) is 3.05. The predicted octanol–water partition coefficient (Wildman–Crippen LogP) is 5.02. The second-order valence-electron chi connectivity index (χ2n) is 6.78. The molecule has 3 aromatic rings. The molecule has 1 amide bonds. The molecule has 156 valence electrons. The molecule has 1 aliphatic rings. The van der Waals surface area contributed by atoms with Crippen LogP contribution in [0.15, 0.2) is 72.6 Å². The number of anilines is 1. The number of Topliss-reactive ketones (excluding diaryl/α,β-unsaturated/α-hetero) is 1. The van der Waals surface area contributed by atoms with Crippen molar-refractivity contribution in [2.24, 2.45) is 0 Å². The minimum absolute atomic E-state index is 0.0550. The van der Waals surface area contributed by atoms with Gasteiger partial charge in [0.2, 0.25) is 0 Å². The lowest BCUT2D eigenvalue weighted by molar-refractivity contribution is -0.132. The third-order valence-corrected chi connectivity index (χ3v) is 5.52. The molecule has 0 saturated carbocycles. The first-order valence-electron chi connectivity index (χ1n) is 9.22. The van der Waals surface area contributed by atoms with Gasteiger partial charge in [-0.2, -0.15) is 0 Å². The highest BCUT2D eigenvalue weighted by molar-refractivity contribution is 6.51. The molecule has 1 N–H and O–H groups in total. The number of hydrogen-bond acceptors (Lipinski definition) is 5. The van der Waals surface area contributed by atoms with E-state index in [0.29, 0.717) is 32.6 Å². The van der Waals surface area contributed by atoms with Crippen molar-refractivity contribution in [2.45, 2.75) is 6.04 Å². The number of pyridine rings is 1. The van der Waals surface area contributed by atoms with Crippen LogP contribution in [-0.4, -0.2) is 28.9 Å². The first-order chi connectivity index (χ1) is 14.9. The maximum atomic E-state index is 13.1. The van der Waals surface area contributed by atoms with E-state index in [1.54, 1.807) is 60.9 Å². The maximum absolute atomic E-state index is 13.1. The van der Waals surface area contributed by atoms with Crippen molar-refractivity contribution in [3.05, 3.63) is 93.7 Å². The molecule has 1 aromatic heterocycles. The number of halogens is 2. The van der Waals surface area contributed by atoms with Gasteiger partial charge in [0.25, 0.3) is 11.7 Å². The molecule has 0 aliphatic carbocycles. The van der Waals surface area contributed by atoms with Crippen molar-refractivity contribution in [3.8, 4) is 5.75 Å². The summed E-state index contributed by atoms with van der Waals surface area (Å²) in [6, 6.07) is 13.7. The highest BCUT2D eigenvalue weighted by Crippen LogP contribution is 2.43. The summed E-state index contributed by atoms with van der Waals surface area (Å²) in [7, 11) is 1.44. The summed E-state index contributed by atoms with van der Waals surface area (Å²) >= 11 is 12.2. The van der Waals surface area contributed by atoms with Crippen LogP contribution in [0.5, 0.6) is 5.75 Å². The van der Waals surface area contributed by atoms with E-state index in [1.165, 1.54) is 18.1 Å². The summed E-state index contributed by atoms with van der Waals surface area (Å²) in [5.74, 6) is -1.59. The van der Waals surface area contributed by atoms with Crippen molar-refractivity contribution in [3.63, 3.8) is 0 Å². The molecule has 0 spiro atoms.